The van der Waals surface area contributed by atoms with Crippen molar-refractivity contribution < 1.29 is 9.53 Å². The smallest absolute Gasteiger partial charge is 0.238 e. The summed E-state index contributed by atoms with van der Waals surface area (Å²) < 4.78 is 5.08. The van der Waals surface area contributed by atoms with Crippen LogP contribution >= 0.6 is 0 Å². The summed E-state index contributed by atoms with van der Waals surface area (Å²) in [6.45, 7) is 0.574. The van der Waals surface area contributed by atoms with E-state index < -0.39 is 0 Å². The molecule has 1 N–H and O–H groups in total. The third kappa shape index (κ3) is 4.47. The molecule has 21 heavy (non-hydrogen) atoms. The molecule has 0 radical (unpaired) electrons. The molecule has 2 rings (SSSR count). The fraction of sp³-hybridized carbons (Fsp3) is 0.500. The van der Waals surface area contributed by atoms with E-state index in [-0.39, 0.29) is 12.5 Å². The normalized spacial score (nSPS) is 14.9. The van der Waals surface area contributed by atoms with Gasteiger partial charge in [-0.15, -0.1) is 0 Å². The first kappa shape index (κ1) is 15.3. The molecule has 1 aliphatic carbocycles. The first-order valence-electron chi connectivity index (χ1n) is 7.28. The molecule has 0 saturated heterocycles. The number of carbonyl (C=O) groups is 1. The predicted octanol–water partition coefficient (Wildman–Crippen LogP) is 2.40. The van der Waals surface area contributed by atoms with Gasteiger partial charge in [0.15, 0.2) is 0 Å². The summed E-state index contributed by atoms with van der Waals surface area (Å²) in [5.74, 6) is 0.673. The maximum absolute atomic E-state index is 12.1. The maximum Gasteiger partial charge on any atom is 0.238 e. The second-order valence-electron chi connectivity index (χ2n) is 5.28. The van der Waals surface area contributed by atoms with Gasteiger partial charge < -0.3 is 10.1 Å². The van der Waals surface area contributed by atoms with E-state index in [0.29, 0.717) is 12.6 Å². The van der Waals surface area contributed by atoms with Crippen LogP contribution in [-0.2, 0) is 4.79 Å². The Kier molecular flexibility index (Phi) is 5.59. The number of benzene rings is 1. The third-order valence-electron chi connectivity index (χ3n) is 3.84. The molecule has 1 fully saturated rings. The van der Waals surface area contributed by atoms with Crippen LogP contribution in [0.4, 0.5) is 5.69 Å². The second kappa shape index (κ2) is 7.65. The van der Waals surface area contributed by atoms with Crippen LogP contribution in [0.3, 0.4) is 0 Å². The lowest BCUT2D eigenvalue weighted by Gasteiger charge is -2.25. The lowest BCUT2D eigenvalue weighted by Crippen LogP contribution is -2.39. The Labute approximate surface area is 125 Å². The number of methoxy groups -OCH3 is 1. The van der Waals surface area contributed by atoms with Gasteiger partial charge in [0.1, 0.15) is 5.75 Å². The van der Waals surface area contributed by atoms with Crippen molar-refractivity contribution in [1.82, 2.24) is 4.90 Å². The maximum atomic E-state index is 12.1. The second-order valence-corrected chi connectivity index (χ2v) is 5.28. The molecular weight excluding hydrogens is 266 g/mol. The highest BCUT2D eigenvalue weighted by molar-refractivity contribution is 5.92. The molecule has 0 atom stereocenters. The van der Waals surface area contributed by atoms with Crippen LogP contribution < -0.4 is 10.1 Å². The summed E-state index contributed by atoms with van der Waals surface area (Å²) in [6, 6.07) is 9.75. The topological polar surface area (TPSA) is 65.4 Å². The molecule has 1 amide bonds. The summed E-state index contributed by atoms with van der Waals surface area (Å²) in [6.07, 6.45) is 4.54. The highest BCUT2D eigenvalue weighted by Gasteiger charge is 2.24. The van der Waals surface area contributed by atoms with Gasteiger partial charge in [-0.25, -0.2) is 0 Å². The molecule has 0 bridgehead atoms. The fourth-order valence-electron chi connectivity index (χ4n) is 2.73. The van der Waals surface area contributed by atoms with E-state index in [9.17, 15) is 4.79 Å². The fourth-order valence-corrected chi connectivity index (χ4v) is 2.73. The molecule has 0 aliphatic heterocycles. The molecule has 1 aromatic rings. The minimum atomic E-state index is -0.0812. The zero-order valence-corrected chi connectivity index (χ0v) is 12.3. The number of nitrogens with zero attached hydrogens (tertiary/aromatic N) is 2. The number of amides is 1. The summed E-state index contributed by atoms with van der Waals surface area (Å²) in [4.78, 5) is 14.1. The zero-order chi connectivity index (χ0) is 15.1. The summed E-state index contributed by atoms with van der Waals surface area (Å²) in [5.41, 5.74) is 0.740. The first-order valence-corrected chi connectivity index (χ1v) is 7.28. The van der Waals surface area contributed by atoms with Crippen molar-refractivity contribution in [2.45, 2.75) is 31.7 Å². The lowest BCUT2D eigenvalue weighted by molar-refractivity contribution is -0.117. The van der Waals surface area contributed by atoms with Crippen molar-refractivity contribution in [1.29, 1.82) is 5.26 Å². The molecular formula is C16H21N3O2. The van der Waals surface area contributed by atoms with E-state index in [4.69, 9.17) is 10.00 Å². The van der Waals surface area contributed by atoms with Crippen LogP contribution in [0, 0.1) is 11.3 Å². The van der Waals surface area contributed by atoms with Crippen LogP contribution in [0.15, 0.2) is 24.3 Å². The minimum absolute atomic E-state index is 0.0812. The molecule has 0 heterocycles. The molecule has 5 nitrogen and oxygen atoms in total. The number of hydrogen-bond acceptors (Lipinski definition) is 4. The van der Waals surface area contributed by atoms with Crippen LogP contribution in [0.2, 0.25) is 0 Å². The van der Waals surface area contributed by atoms with Crippen molar-refractivity contribution in [2.24, 2.45) is 0 Å². The van der Waals surface area contributed by atoms with E-state index in [1.807, 2.05) is 4.90 Å². The molecule has 1 saturated carbocycles. The average Bonchev–Trinajstić information content (AvgIpc) is 3.02. The van der Waals surface area contributed by atoms with Gasteiger partial charge in [0.25, 0.3) is 0 Å². The molecule has 5 heteroatoms. The SMILES string of the molecule is COc1ccc(NC(=O)CN(CC#N)C2CCCC2)cc1. The van der Waals surface area contributed by atoms with Gasteiger partial charge in [-0.1, -0.05) is 12.8 Å². The number of hydrogen-bond donors (Lipinski definition) is 1. The Morgan fingerprint density at radius 3 is 2.62 bits per heavy atom. The highest BCUT2D eigenvalue weighted by atomic mass is 16.5. The third-order valence-corrected chi connectivity index (χ3v) is 3.84. The summed E-state index contributed by atoms with van der Waals surface area (Å²) in [7, 11) is 1.61. The number of rotatable bonds is 6. The molecule has 1 aromatic carbocycles. The van der Waals surface area contributed by atoms with E-state index in [1.54, 1.807) is 31.4 Å². The quantitative estimate of drug-likeness (QED) is 0.816. The Balaban J connectivity index is 1.90. The van der Waals surface area contributed by atoms with Crippen molar-refractivity contribution in [3.05, 3.63) is 24.3 Å². The number of ether oxygens (including phenoxy) is 1. The summed E-state index contributed by atoms with van der Waals surface area (Å²) in [5, 5.41) is 11.8. The van der Waals surface area contributed by atoms with E-state index in [0.717, 1.165) is 24.3 Å². The molecule has 0 unspecified atom stereocenters. The molecule has 0 spiro atoms. The Morgan fingerprint density at radius 2 is 2.05 bits per heavy atom. The van der Waals surface area contributed by atoms with Gasteiger partial charge in [0, 0.05) is 11.7 Å². The summed E-state index contributed by atoms with van der Waals surface area (Å²) >= 11 is 0. The van der Waals surface area contributed by atoms with Crippen molar-refractivity contribution in [2.75, 3.05) is 25.5 Å². The average molecular weight is 287 g/mol. The largest absolute Gasteiger partial charge is 0.497 e. The number of nitriles is 1. The van der Waals surface area contributed by atoms with Gasteiger partial charge in [-0.3, -0.25) is 9.69 Å². The van der Waals surface area contributed by atoms with E-state index in [1.165, 1.54) is 12.8 Å². The van der Waals surface area contributed by atoms with Gasteiger partial charge >= 0.3 is 0 Å². The lowest BCUT2D eigenvalue weighted by atomic mass is 10.2. The first-order chi connectivity index (χ1) is 10.2. The number of carbonyl (C=O) groups excluding carboxylic acids is 1. The van der Waals surface area contributed by atoms with Crippen LogP contribution in [0.25, 0.3) is 0 Å². The Hall–Kier alpha value is -2.06. The van der Waals surface area contributed by atoms with E-state index >= 15 is 0 Å². The highest BCUT2D eigenvalue weighted by Crippen LogP contribution is 2.23. The van der Waals surface area contributed by atoms with E-state index in [2.05, 4.69) is 11.4 Å². The van der Waals surface area contributed by atoms with Crippen LogP contribution in [-0.4, -0.2) is 37.0 Å². The molecule has 112 valence electrons. The van der Waals surface area contributed by atoms with Gasteiger partial charge in [0.2, 0.25) is 5.91 Å². The molecule has 1 aliphatic rings. The predicted molar refractivity (Wildman–Crippen MR) is 81.1 cm³/mol. The standard InChI is InChI=1S/C16H21N3O2/c1-21-15-8-6-13(7-9-15)18-16(20)12-19(11-10-17)14-4-2-3-5-14/h6-9,14H,2-5,11-12H2,1H3,(H,18,20). The Morgan fingerprint density at radius 1 is 1.38 bits per heavy atom. The minimum Gasteiger partial charge on any atom is -0.497 e. The number of nitrogens with one attached hydrogen (secondary N) is 1. The Bertz CT molecular complexity index is 501. The van der Waals surface area contributed by atoms with Gasteiger partial charge in [0.05, 0.1) is 26.3 Å². The monoisotopic (exact) mass is 287 g/mol. The van der Waals surface area contributed by atoms with Crippen LogP contribution in [0.5, 0.6) is 5.75 Å². The van der Waals surface area contributed by atoms with Crippen LogP contribution in [0.1, 0.15) is 25.7 Å². The van der Waals surface area contributed by atoms with Crippen molar-refractivity contribution in [3.8, 4) is 11.8 Å². The zero-order valence-electron chi connectivity index (χ0n) is 12.3. The van der Waals surface area contributed by atoms with Gasteiger partial charge in [-0.05, 0) is 37.1 Å². The number of anilines is 1. The van der Waals surface area contributed by atoms with Gasteiger partial charge in [-0.2, -0.15) is 5.26 Å². The van der Waals surface area contributed by atoms with Crippen molar-refractivity contribution >= 4 is 11.6 Å². The van der Waals surface area contributed by atoms with Crippen molar-refractivity contribution in [3.63, 3.8) is 0 Å². The molecule has 0 aromatic heterocycles.